The molecule has 0 radical (unpaired) electrons. The fourth-order valence-electron chi connectivity index (χ4n) is 2.03. The van der Waals surface area contributed by atoms with E-state index in [0.717, 1.165) is 0 Å². The van der Waals surface area contributed by atoms with E-state index >= 15 is 0 Å². The van der Waals surface area contributed by atoms with Gasteiger partial charge in [0.1, 0.15) is 28.4 Å². The zero-order chi connectivity index (χ0) is 15.6. The third-order valence-electron chi connectivity index (χ3n) is 3.09. The Morgan fingerprint density at radius 3 is 2.48 bits per heavy atom. The first-order valence-corrected chi connectivity index (χ1v) is 7.20. The topological polar surface area (TPSA) is 38.7 Å². The minimum Gasteiger partial charge on any atom is -0.495 e. The van der Waals surface area contributed by atoms with Crippen molar-refractivity contribution in [1.29, 1.82) is 0 Å². The highest BCUT2D eigenvalue weighted by Gasteiger charge is 2.23. The summed E-state index contributed by atoms with van der Waals surface area (Å²) < 4.78 is 24.7. The SMILES string of the molecule is COc1ccc(C(O)c2cccc(Br)c2F)c(OC)c1Cl. The lowest BCUT2D eigenvalue weighted by Crippen LogP contribution is -2.06. The molecular weight excluding hydrogens is 363 g/mol. The van der Waals surface area contributed by atoms with Crippen LogP contribution in [0.2, 0.25) is 5.02 Å². The van der Waals surface area contributed by atoms with E-state index in [1.807, 2.05) is 0 Å². The standard InChI is InChI=1S/C15H13BrClFO3/c1-20-11-7-6-9(15(21-2)12(11)17)14(19)8-4-3-5-10(16)13(8)18/h3-7,14,19H,1-2H3. The Bertz CT molecular complexity index is 664. The normalized spacial score (nSPS) is 12.1. The fourth-order valence-corrected chi connectivity index (χ4v) is 2.74. The van der Waals surface area contributed by atoms with Crippen LogP contribution in [0, 0.1) is 5.82 Å². The molecule has 0 aromatic heterocycles. The molecule has 0 fully saturated rings. The Hall–Kier alpha value is -1.30. The largest absolute Gasteiger partial charge is 0.495 e. The summed E-state index contributed by atoms with van der Waals surface area (Å²) in [5, 5.41) is 10.7. The summed E-state index contributed by atoms with van der Waals surface area (Å²) in [6, 6.07) is 7.89. The number of hydrogen-bond donors (Lipinski definition) is 1. The van der Waals surface area contributed by atoms with Crippen LogP contribution in [0.4, 0.5) is 4.39 Å². The van der Waals surface area contributed by atoms with Crippen molar-refractivity contribution in [2.24, 2.45) is 0 Å². The van der Waals surface area contributed by atoms with Crippen LogP contribution in [0.1, 0.15) is 17.2 Å². The molecule has 1 N–H and O–H groups in total. The second-order valence-corrected chi connectivity index (χ2v) is 5.48. The Morgan fingerprint density at radius 2 is 1.86 bits per heavy atom. The van der Waals surface area contributed by atoms with E-state index in [2.05, 4.69) is 15.9 Å². The predicted octanol–water partition coefficient (Wildman–Crippen LogP) is 4.34. The average Bonchev–Trinajstić information content (AvgIpc) is 2.49. The number of ether oxygens (including phenoxy) is 2. The van der Waals surface area contributed by atoms with Crippen LogP contribution in [0.25, 0.3) is 0 Å². The Morgan fingerprint density at radius 1 is 1.14 bits per heavy atom. The lowest BCUT2D eigenvalue weighted by molar-refractivity contribution is 0.209. The first kappa shape index (κ1) is 16.1. The van der Waals surface area contributed by atoms with Gasteiger partial charge in [-0.1, -0.05) is 23.7 Å². The summed E-state index contributed by atoms with van der Waals surface area (Å²) in [5.41, 5.74) is 0.490. The van der Waals surface area contributed by atoms with Crippen molar-refractivity contribution in [1.82, 2.24) is 0 Å². The Labute approximate surface area is 135 Å². The number of halogens is 3. The Kier molecular flexibility index (Phi) is 5.08. The molecule has 2 rings (SSSR count). The van der Waals surface area contributed by atoms with Crippen molar-refractivity contribution in [3.63, 3.8) is 0 Å². The zero-order valence-corrected chi connectivity index (χ0v) is 13.7. The highest BCUT2D eigenvalue weighted by molar-refractivity contribution is 9.10. The summed E-state index contributed by atoms with van der Waals surface area (Å²) in [5.74, 6) is 0.140. The quantitative estimate of drug-likeness (QED) is 0.864. The number of aliphatic hydroxyl groups is 1. The number of hydrogen-bond acceptors (Lipinski definition) is 3. The summed E-state index contributed by atoms with van der Waals surface area (Å²) in [6.45, 7) is 0. The molecule has 0 spiro atoms. The van der Waals surface area contributed by atoms with E-state index in [1.165, 1.54) is 20.3 Å². The molecule has 3 nitrogen and oxygen atoms in total. The molecular formula is C15H13BrClFO3. The van der Waals surface area contributed by atoms with Gasteiger partial charge in [-0.25, -0.2) is 4.39 Å². The van der Waals surface area contributed by atoms with Crippen LogP contribution in [0.3, 0.4) is 0 Å². The first-order chi connectivity index (χ1) is 10.0. The van der Waals surface area contributed by atoms with Gasteiger partial charge in [0.05, 0.1) is 18.7 Å². The van der Waals surface area contributed by atoms with E-state index < -0.39 is 11.9 Å². The minimum absolute atomic E-state index is 0.129. The van der Waals surface area contributed by atoms with Crippen LogP contribution in [-0.2, 0) is 0 Å². The fraction of sp³-hybridized carbons (Fsp3) is 0.200. The Balaban J connectivity index is 2.56. The van der Waals surface area contributed by atoms with Crippen LogP contribution in [0.5, 0.6) is 11.5 Å². The maximum atomic E-state index is 14.1. The van der Waals surface area contributed by atoms with Crippen molar-refractivity contribution < 1.29 is 19.0 Å². The average molecular weight is 376 g/mol. The molecule has 0 bridgehead atoms. The monoisotopic (exact) mass is 374 g/mol. The second-order valence-electron chi connectivity index (χ2n) is 4.25. The van der Waals surface area contributed by atoms with Gasteiger partial charge >= 0.3 is 0 Å². The second kappa shape index (κ2) is 6.64. The van der Waals surface area contributed by atoms with Crippen LogP contribution >= 0.6 is 27.5 Å². The molecule has 2 aromatic rings. The van der Waals surface area contributed by atoms with Crippen LogP contribution < -0.4 is 9.47 Å². The van der Waals surface area contributed by atoms with E-state index in [0.29, 0.717) is 11.3 Å². The maximum absolute atomic E-state index is 14.1. The number of rotatable bonds is 4. The van der Waals surface area contributed by atoms with Crippen molar-refractivity contribution >= 4 is 27.5 Å². The summed E-state index contributed by atoms with van der Waals surface area (Å²) in [7, 11) is 2.90. The molecule has 0 saturated heterocycles. The molecule has 0 heterocycles. The molecule has 21 heavy (non-hydrogen) atoms. The molecule has 2 aromatic carbocycles. The van der Waals surface area contributed by atoms with Gasteiger partial charge < -0.3 is 14.6 Å². The third kappa shape index (κ3) is 3.00. The highest BCUT2D eigenvalue weighted by atomic mass is 79.9. The lowest BCUT2D eigenvalue weighted by Gasteiger charge is -2.18. The number of benzene rings is 2. The molecule has 112 valence electrons. The highest BCUT2D eigenvalue weighted by Crippen LogP contribution is 2.41. The molecule has 0 aliphatic carbocycles. The minimum atomic E-state index is -1.21. The van der Waals surface area contributed by atoms with Gasteiger partial charge in [-0.3, -0.25) is 0 Å². The molecule has 0 saturated carbocycles. The van der Waals surface area contributed by atoms with Crippen LogP contribution in [-0.4, -0.2) is 19.3 Å². The number of aliphatic hydroxyl groups excluding tert-OH is 1. The zero-order valence-electron chi connectivity index (χ0n) is 11.4. The predicted molar refractivity (Wildman–Crippen MR) is 82.7 cm³/mol. The van der Waals surface area contributed by atoms with E-state index in [4.69, 9.17) is 21.1 Å². The van der Waals surface area contributed by atoms with Crippen molar-refractivity contribution in [2.75, 3.05) is 14.2 Å². The first-order valence-electron chi connectivity index (χ1n) is 6.03. The summed E-state index contributed by atoms with van der Waals surface area (Å²) in [6.07, 6.45) is -1.21. The van der Waals surface area contributed by atoms with Crippen molar-refractivity contribution in [2.45, 2.75) is 6.10 Å². The molecule has 1 atom stereocenters. The van der Waals surface area contributed by atoms with Gasteiger partial charge in [0.15, 0.2) is 0 Å². The van der Waals surface area contributed by atoms with E-state index in [1.54, 1.807) is 24.3 Å². The van der Waals surface area contributed by atoms with Gasteiger partial charge in [0, 0.05) is 11.1 Å². The van der Waals surface area contributed by atoms with E-state index in [9.17, 15) is 9.50 Å². The van der Waals surface area contributed by atoms with Gasteiger partial charge in [-0.15, -0.1) is 0 Å². The van der Waals surface area contributed by atoms with Gasteiger partial charge in [-0.2, -0.15) is 0 Å². The lowest BCUT2D eigenvalue weighted by atomic mass is 10.00. The smallest absolute Gasteiger partial charge is 0.147 e. The van der Waals surface area contributed by atoms with Crippen molar-refractivity contribution in [3.8, 4) is 11.5 Å². The molecule has 0 aliphatic rings. The third-order valence-corrected chi connectivity index (χ3v) is 4.06. The maximum Gasteiger partial charge on any atom is 0.147 e. The molecule has 0 aliphatic heterocycles. The molecule has 0 amide bonds. The molecule has 1 unspecified atom stereocenters. The molecule has 6 heteroatoms. The number of methoxy groups -OCH3 is 2. The van der Waals surface area contributed by atoms with Crippen molar-refractivity contribution in [3.05, 3.63) is 56.8 Å². The van der Waals surface area contributed by atoms with E-state index in [-0.39, 0.29) is 20.8 Å². The van der Waals surface area contributed by atoms with Gasteiger partial charge in [-0.05, 0) is 34.1 Å². The van der Waals surface area contributed by atoms with Gasteiger partial charge in [0.25, 0.3) is 0 Å². The summed E-state index contributed by atoms with van der Waals surface area (Å²) in [4.78, 5) is 0. The van der Waals surface area contributed by atoms with Gasteiger partial charge in [0.2, 0.25) is 0 Å². The summed E-state index contributed by atoms with van der Waals surface area (Å²) >= 11 is 9.25. The van der Waals surface area contributed by atoms with Crippen LogP contribution in [0.15, 0.2) is 34.8 Å².